The van der Waals surface area contributed by atoms with E-state index in [0.717, 1.165) is 25.9 Å². The fourth-order valence-corrected chi connectivity index (χ4v) is 3.07. The largest absolute Gasteiger partial charge is 0.369 e. The number of likely N-dealkylation sites (tertiary alicyclic amines) is 1. The summed E-state index contributed by atoms with van der Waals surface area (Å²) in [5, 5.41) is 3.80. The number of amides is 1. The monoisotopic (exact) mass is 289 g/mol. The third kappa shape index (κ3) is 4.83. The zero-order valence-corrected chi connectivity index (χ0v) is 13.1. The number of rotatable bonds is 6. The molecule has 2 rings (SSSR count). The first-order valence-electron chi connectivity index (χ1n) is 7.88. The van der Waals surface area contributed by atoms with Crippen molar-refractivity contribution >= 4 is 5.91 Å². The number of nitrogens with two attached hydrogens (primary N) is 1. The third-order valence-electron chi connectivity index (χ3n) is 4.21. The minimum Gasteiger partial charge on any atom is -0.369 e. The summed E-state index contributed by atoms with van der Waals surface area (Å²) >= 11 is 0. The Balaban J connectivity index is 1.90. The second kappa shape index (κ2) is 7.57. The molecule has 0 aliphatic carbocycles. The van der Waals surface area contributed by atoms with Crippen molar-refractivity contribution in [2.45, 2.75) is 38.8 Å². The first kappa shape index (κ1) is 16.0. The van der Waals surface area contributed by atoms with E-state index in [1.165, 1.54) is 5.56 Å². The number of hydrogen-bond acceptors (Lipinski definition) is 3. The molecule has 1 aliphatic heterocycles. The Labute approximate surface area is 127 Å². The number of piperidine rings is 1. The number of primary amides is 1. The van der Waals surface area contributed by atoms with E-state index in [1.807, 2.05) is 0 Å². The highest BCUT2D eigenvalue weighted by Crippen LogP contribution is 2.24. The number of benzene rings is 1. The fraction of sp³-hybridized carbons (Fsp3) is 0.588. The number of nitrogens with one attached hydrogen (secondary N) is 1. The Kier molecular flexibility index (Phi) is 5.76. The van der Waals surface area contributed by atoms with Gasteiger partial charge in [0.25, 0.3) is 0 Å². The topological polar surface area (TPSA) is 58.4 Å². The zero-order chi connectivity index (χ0) is 15.2. The summed E-state index contributed by atoms with van der Waals surface area (Å²) in [6.07, 6.45) is 2.15. The highest BCUT2D eigenvalue weighted by Gasteiger charge is 2.24. The molecule has 0 spiro atoms. The van der Waals surface area contributed by atoms with Crippen molar-refractivity contribution in [3.63, 3.8) is 0 Å². The van der Waals surface area contributed by atoms with E-state index in [4.69, 9.17) is 5.73 Å². The molecule has 1 aromatic carbocycles. The lowest BCUT2D eigenvalue weighted by molar-refractivity contribution is -0.119. The molecule has 1 amide bonds. The van der Waals surface area contributed by atoms with Crippen LogP contribution < -0.4 is 11.1 Å². The van der Waals surface area contributed by atoms with Gasteiger partial charge in [-0.05, 0) is 24.3 Å². The predicted molar refractivity (Wildman–Crippen MR) is 85.8 cm³/mol. The van der Waals surface area contributed by atoms with Gasteiger partial charge in [-0.3, -0.25) is 9.69 Å². The number of carbonyl (C=O) groups is 1. The molecule has 0 radical (unpaired) electrons. The zero-order valence-electron chi connectivity index (χ0n) is 13.1. The van der Waals surface area contributed by atoms with Crippen LogP contribution in [0.2, 0.25) is 0 Å². The van der Waals surface area contributed by atoms with Crippen LogP contribution in [-0.2, 0) is 4.79 Å². The Morgan fingerprint density at radius 2 is 1.90 bits per heavy atom. The first-order chi connectivity index (χ1) is 10.1. The van der Waals surface area contributed by atoms with E-state index in [-0.39, 0.29) is 5.91 Å². The molecule has 3 N–H and O–H groups in total. The average Bonchev–Trinajstić information content (AvgIpc) is 2.46. The Bertz CT molecular complexity index is 439. The van der Waals surface area contributed by atoms with Gasteiger partial charge in [-0.1, -0.05) is 44.2 Å². The fourth-order valence-electron chi connectivity index (χ4n) is 3.07. The lowest BCUT2D eigenvalue weighted by Crippen LogP contribution is -2.46. The van der Waals surface area contributed by atoms with Crippen molar-refractivity contribution in [3.05, 3.63) is 35.9 Å². The van der Waals surface area contributed by atoms with Gasteiger partial charge >= 0.3 is 0 Å². The highest BCUT2D eigenvalue weighted by atomic mass is 16.1. The van der Waals surface area contributed by atoms with Gasteiger partial charge in [-0.25, -0.2) is 0 Å². The molecular formula is C17H27N3O. The van der Waals surface area contributed by atoms with Crippen molar-refractivity contribution in [2.24, 2.45) is 11.7 Å². The molecule has 0 bridgehead atoms. The molecular weight excluding hydrogens is 262 g/mol. The summed E-state index contributed by atoms with van der Waals surface area (Å²) in [6, 6.07) is 11.5. The molecule has 116 valence electrons. The lowest BCUT2D eigenvalue weighted by atomic mass is 9.93. The molecule has 4 nitrogen and oxygen atoms in total. The smallest absolute Gasteiger partial charge is 0.231 e. The van der Waals surface area contributed by atoms with Crippen molar-refractivity contribution in [3.8, 4) is 0 Å². The molecule has 0 saturated carbocycles. The molecule has 1 fully saturated rings. The second-order valence-electron chi connectivity index (χ2n) is 6.32. The average molecular weight is 289 g/mol. The molecule has 0 aromatic heterocycles. The maximum absolute atomic E-state index is 11.0. The molecule has 1 heterocycles. The summed E-state index contributed by atoms with van der Waals surface area (Å²) in [4.78, 5) is 13.1. The Morgan fingerprint density at radius 1 is 1.29 bits per heavy atom. The van der Waals surface area contributed by atoms with Crippen LogP contribution in [0.15, 0.2) is 30.3 Å². The minimum atomic E-state index is -0.231. The minimum absolute atomic E-state index is 0.231. The summed E-state index contributed by atoms with van der Waals surface area (Å²) < 4.78 is 0. The molecule has 1 unspecified atom stereocenters. The van der Waals surface area contributed by atoms with Gasteiger partial charge < -0.3 is 11.1 Å². The molecule has 1 atom stereocenters. The van der Waals surface area contributed by atoms with E-state index in [2.05, 4.69) is 54.4 Å². The summed E-state index contributed by atoms with van der Waals surface area (Å²) in [5.41, 5.74) is 6.61. The van der Waals surface area contributed by atoms with Gasteiger partial charge in [0.15, 0.2) is 0 Å². The van der Waals surface area contributed by atoms with Crippen LogP contribution in [0.5, 0.6) is 0 Å². The second-order valence-corrected chi connectivity index (χ2v) is 6.32. The Morgan fingerprint density at radius 3 is 2.43 bits per heavy atom. The highest BCUT2D eigenvalue weighted by molar-refractivity contribution is 5.75. The normalized spacial score (nSPS) is 18.8. The standard InChI is InChI=1S/C17H27N3O/c1-13(2)17(14-6-4-3-5-7-14)19-15-8-10-20(11-9-15)12-16(18)21/h3-7,13,15,17,19H,8-12H2,1-2H3,(H2,18,21). The van der Waals surface area contributed by atoms with E-state index >= 15 is 0 Å². The van der Waals surface area contributed by atoms with E-state index in [0.29, 0.717) is 24.5 Å². The summed E-state index contributed by atoms with van der Waals surface area (Å²) in [5.74, 6) is 0.321. The first-order valence-corrected chi connectivity index (χ1v) is 7.88. The van der Waals surface area contributed by atoms with Crippen LogP contribution in [0.1, 0.15) is 38.3 Å². The van der Waals surface area contributed by atoms with Crippen molar-refractivity contribution in [1.82, 2.24) is 10.2 Å². The number of carbonyl (C=O) groups excluding carboxylic acids is 1. The van der Waals surface area contributed by atoms with Crippen LogP contribution >= 0.6 is 0 Å². The number of hydrogen-bond donors (Lipinski definition) is 2. The maximum atomic E-state index is 11.0. The molecule has 4 heteroatoms. The van der Waals surface area contributed by atoms with Crippen molar-refractivity contribution in [2.75, 3.05) is 19.6 Å². The van der Waals surface area contributed by atoms with E-state index in [1.54, 1.807) is 0 Å². The maximum Gasteiger partial charge on any atom is 0.231 e. The van der Waals surface area contributed by atoms with Gasteiger partial charge in [0.2, 0.25) is 5.91 Å². The summed E-state index contributed by atoms with van der Waals surface area (Å²) in [7, 11) is 0. The quantitative estimate of drug-likeness (QED) is 0.841. The number of nitrogens with zero attached hydrogens (tertiary/aromatic N) is 1. The predicted octanol–water partition coefficient (Wildman–Crippen LogP) is 1.92. The van der Waals surface area contributed by atoms with E-state index < -0.39 is 0 Å². The van der Waals surface area contributed by atoms with Crippen LogP contribution in [0.25, 0.3) is 0 Å². The van der Waals surface area contributed by atoms with Crippen molar-refractivity contribution < 1.29 is 4.79 Å². The van der Waals surface area contributed by atoms with Gasteiger partial charge in [0.05, 0.1) is 6.54 Å². The van der Waals surface area contributed by atoms with Crippen LogP contribution in [0.4, 0.5) is 0 Å². The van der Waals surface area contributed by atoms with Crippen LogP contribution in [-0.4, -0.2) is 36.5 Å². The third-order valence-corrected chi connectivity index (χ3v) is 4.21. The molecule has 1 aliphatic rings. The molecule has 21 heavy (non-hydrogen) atoms. The van der Waals surface area contributed by atoms with Gasteiger partial charge in [0.1, 0.15) is 0 Å². The van der Waals surface area contributed by atoms with Gasteiger partial charge in [0, 0.05) is 25.2 Å². The van der Waals surface area contributed by atoms with Crippen molar-refractivity contribution in [1.29, 1.82) is 0 Å². The molecule has 1 saturated heterocycles. The lowest BCUT2D eigenvalue weighted by Gasteiger charge is -2.35. The summed E-state index contributed by atoms with van der Waals surface area (Å²) in [6.45, 7) is 6.79. The van der Waals surface area contributed by atoms with Gasteiger partial charge in [-0.2, -0.15) is 0 Å². The van der Waals surface area contributed by atoms with Crippen LogP contribution in [0, 0.1) is 5.92 Å². The van der Waals surface area contributed by atoms with Gasteiger partial charge in [-0.15, -0.1) is 0 Å². The Hall–Kier alpha value is -1.39. The SMILES string of the molecule is CC(C)C(NC1CCN(CC(N)=O)CC1)c1ccccc1. The van der Waals surface area contributed by atoms with Crippen LogP contribution in [0.3, 0.4) is 0 Å². The molecule has 1 aromatic rings. The van der Waals surface area contributed by atoms with E-state index in [9.17, 15) is 4.79 Å².